The first-order valence-corrected chi connectivity index (χ1v) is 8.78. The van der Waals surface area contributed by atoms with Crippen molar-refractivity contribution in [2.24, 2.45) is 5.92 Å². The highest BCUT2D eigenvalue weighted by Crippen LogP contribution is 2.50. The van der Waals surface area contributed by atoms with E-state index in [0.717, 1.165) is 19.3 Å². The Balaban J connectivity index is 1.63. The van der Waals surface area contributed by atoms with Crippen LogP contribution in [0.3, 0.4) is 0 Å². The van der Waals surface area contributed by atoms with Crippen LogP contribution < -0.4 is 0 Å². The van der Waals surface area contributed by atoms with Crippen molar-refractivity contribution in [3.8, 4) is 5.75 Å². The van der Waals surface area contributed by atoms with Crippen molar-refractivity contribution < 1.29 is 14.4 Å². The average molecular weight is 342 g/mol. The molecular weight excluding hydrogens is 320 g/mol. The smallest absolute Gasteiger partial charge is 0.276 e. The van der Waals surface area contributed by atoms with Crippen LogP contribution in [0.4, 0.5) is 0 Å². The van der Waals surface area contributed by atoms with E-state index in [1.165, 1.54) is 12.3 Å². The Hall–Kier alpha value is -2.44. The molecule has 1 aliphatic carbocycles. The maximum Gasteiger partial charge on any atom is 0.276 e. The third-order valence-corrected chi connectivity index (χ3v) is 5.53. The summed E-state index contributed by atoms with van der Waals surface area (Å²) in [5, 5.41) is 14.1. The monoisotopic (exact) mass is 342 g/mol. The Morgan fingerprint density at radius 1 is 1.48 bits per heavy atom. The lowest BCUT2D eigenvalue weighted by Gasteiger charge is -2.24. The molecule has 1 saturated carbocycles. The predicted molar refractivity (Wildman–Crippen MR) is 89.2 cm³/mol. The zero-order valence-corrected chi connectivity index (χ0v) is 14.5. The van der Waals surface area contributed by atoms with E-state index >= 15 is 0 Å². The van der Waals surface area contributed by atoms with Crippen LogP contribution in [0.1, 0.15) is 61.2 Å². The number of rotatable bonds is 3. The Labute approximate surface area is 146 Å². The van der Waals surface area contributed by atoms with Gasteiger partial charge in [0.1, 0.15) is 5.75 Å². The van der Waals surface area contributed by atoms with Crippen molar-refractivity contribution in [1.82, 2.24) is 20.0 Å². The highest BCUT2D eigenvalue weighted by Gasteiger charge is 2.55. The van der Waals surface area contributed by atoms with Crippen LogP contribution in [0, 0.1) is 5.92 Å². The number of carbonyl (C=O) groups excluding carboxylic acids is 1. The van der Waals surface area contributed by atoms with Gasteiger partial charge in [-0.15, -0.1) is 0 Å². The highest BCUT2D eigenvalue weighted by atomic mass is 16.5. The molecule has 3 heterocycles. The fourth-order valence-electron chi connectivity index (χ4n) is 4.18. The molecule has 2 aromatic rings. The summed E-state index contributed by atoms with van der Waals surface area (Å²) >= 11 is 0. The van der Waals surface area contributed by atoms with Crippen molar-refractivity contribution in [1.29, 1.82) is 0 Å². The van der Waals surface area contributed by atoms with Gasteiger partial charge in [0.2, 0.25) is 5.89 Å². The molecule has 0 bridgehead atoms. The first kappa shape index (κ1) is 16.1. The summed E-state index contributed by atoms with van der Waals surface area (Å²) in [4.78, 5) is 23.3. The number of aromatic hydroxyl groups is 1. The molecule has 0 spiro atoms. The Morgan fingerprint density at radius 3 is 3.04 bits per heavy atom. The molecule has 7 heteroatoms. The summed E-state index contributed by atoms with van der Waals surface area (Å²) in [7, 11) is 0. The molecule has 1 amide bonds. The number of hydrogen-bond acceptors (Lipinski definition) is 6. The van der Waals surface area contributed by atoms with Gasteiger partial charge in [-0.2, -0.15) is 4.98 Å². The van der Waals surface area contributed by atoms with Gasteiger partial charge >= 0.3 is 0 Å². The predicted octanol–water partition coefficient (Wildman–Crippen LogP) is 2.49. The number of fused-ring (bicyclic) bond motifs is 1. The van der Waals surface area contributed by atoms with E-state index in [1.807, 2.05) is 13.8 Å². The van der Waals surface area contributed by atoms with Crippen LogP contribution in [0.2, 0.25) is 0 Å². The molecule has 132 valence electrons. The summed E-state index contributed by atoms with van der Waals surface area (Å²) < 4.78 is 5.61. The lowest BCUT2D eigenvalue weighted by molar-refractivity contribution is 0.0766. The number of carbonyl (C=O) groups is 1. The standard InChI is InChI=1S/C18H22N4O3/c1-11(2)15-20-17(25-21-15)18-7-3-5-12(18)9-22(10-18)16(24)14-13(23)6-4-8-19-14/h4,6,8,11-12,23H,3,5,7,9-10H2,1-2H3/t12-,18-/m1/s1. The van der Waals surface area contributed by atoms with Crippen molar-refractivity contribution in [3.05, 3.63) is 35.7 Å². The van der Waals surface area contributed by atoms with Gasteiger partial charge in [0.15, 0.2) is 11.5 Å². The van der Waals surface area contributed by atoms with Crippen molar-refractivity contribution >= 4 is 5.91 Å². The molecule has 7 nitrogen and oxygen atoms in total. The average Bonchev–Trinajstić information content (AvgIpc) is 3.28. The zero-order chi connectivity index (χ0) is 17.6. The number of hydrogen-bond donors (Lipinski definition) is 1. The highest BCUT2D eigenvalue weighted by molar-refractivity contribution is 5.95. The summed E-state index contributed by atoms with van der Waals surface area (Å²) in [6.07, 6.45) is 4.60. The fraction of sp³-hybridized carbons (Fsp3) is 0.556. The molecule has 1 aliphatic heterocycles. The number of likely N-dealkylation sites (tertiary alicyclic amines) is 1. The molecule has 4 rings (SSSR count). The number of aromatic nitrogens is 3. The summed E-state index contributed by atoms with van der Waals surface area (Å²) in [6, 6.07) is 3.10. The van der Waals surface area contributed by atoms with Gasteiger partial charge < -0.3 is 14.5 Å². The second kappa shape index (κ2) is 5.82. The van der Waals surface area contributed by atoms with Crippen molar-refractivity contribution in [3.63, 3.8) is 0 Å². The Morgan fingerprint density at radius 2 is 2.32 bits per heavy atom. The molecule has 0 unspecified atom stereocenters. The van der Waals surface area contributed by atoms with Gasteiger partial charge in [0, 0.05) is 25.2 Å². The molecule has 25 heavy (non-hydrogen) atoms. The normalized spacial score (nSPS) is 25.6. The second-order valence-corrected chi connectivity index (χ2v) is 7.41. The van der Waals surface area contributed by atoms with Gasteiger partial charge in [-0.3, -0.25) is 4.79 Å². The summed E-state index contributed by atoms with van der Waals surface area (Å²) in [5.41, 5.74) is -0.161. The minimum atomic E-state index is -0.264. The number of nitrogens with zero attached hydrogens (tertiary/aromatic N) is 4. The van der Waals surface area contributed by atoms with E-state index < -0.39 is 0 Å². The van der Waals surface area contributed by atoms with Crippen LogP contribution in [-0.4, -0.2) is 44.1 Å². The van der Waals surface area contributed by atoms with Crippen LogP contribution in [0.25, 0.3) is 0 Å². The minimum absolute atomic E-state index is 0.0847. The zero-order valence-electron chi connectivity index (χ0n) is 14.5. The van der Waals surface area contributed by atoms with E-state index in [-0.39, 0.29) is 28.7 Å². The Kier molecular flexibility index (Phi) is 3.74. The number of pyridine rings is 1. The molecule has 0 radical (unpaired) electrons. The third-order valence-electron chi connectivity index (χ3n) is 5.53. The summed E-state index contributed by atoms with van der Waals surface area (Å²) in [6.45, 7) is 5.24. The lowest BCUT2D eigenvalue weighted by Crippen LogP contribution is -2.35. The minimum Gasteiger partial charge on any atom is -0.505 e. The topological polar surface area (TPSA) is 92.4 Å². The largest absolute Gasteiger partial charge is 0.505 e. The van der Waals surface area contributed by atoms with E-state index in [2.05, 4.69) is 15.1 Å². The maximum absolute atomic E-state index is 12.8. The Bertz CT molecular complexity index is 803. The molecule has 2 aliphatic rings. The molecular formula is C18H22N4O3. The van der Waals surface area contributed by atoms with Gasteiger partial charge in [-0.1, -0.05) is 25.4 Å². The molecule has 2 atom stereocenters. The van der Waals surface area contributed by atoms with Crippen LogP contribution in [0.5, 0.6) is 5.75 Å². The van der Waals surface area contributed by atoms with Gasteiger partial charge in [-0.05, 0) is 30.9 Å². The number of amides is 1. The van der Waals surface area contributed by atoms with Gasteiger partial charge in [0.25, 0.3) is 5.91 Å². The van der Waals surface area contributed by atoms with Crippen molar-refractivity contribution in [2.75, 3.05) is 13.1 Å². The fourth-order valence-corrected chi connectivity index (χ4v) is 4.18. The van der Waals surface area contributed by atoms with Gasteiger partial charge in [-0.25, -0.2) is 4.98 Å². The third kappa shape index (κ3) is 2.49. The van der Waals surface area contributed by atoms with Gasteiger partial charge in [0.05, 0.1) is 5.41 Å². The maximum atomic E-state index is 12.8. The summed E-state index contributed by atoms with van der Waals surface area (Å²) in [5.74, 6) is 1.55. The molecule has 2 fully saturated rings. The van der Waals surface area contributed by atoms with Crippen LogP contribution >= 0.6 is 0 Å². The molecule has 1 saturated heterocycles. The molecule has 2 aromatic heterocycles. The van der Waals surface area contributed by atoms with Crippen LogP contribution in [0.15, 0.2) is 22.9 Å². The lowest BCUT2D eigenvalue weighted by atomic mass is 9.80. The van der Waals surface area contributed by atoms with Crippen molar-refractivity contribution in [2.45, 2.75) is 44.4 Å². The first-order valence-electron chi connectivity index (χ1n) is 8.78. The van der Waals surface area contributed by atoms with E-state index in [0.29, 0.717) is 30.7 Å². The van der Waals surface area contributed by atoms with E-state index in [4.69, 9.17) is 4.52 Å². The quantitative estimate of drug-likeness (QED) is 0.921. The second-order valence-electron chi connectivity index (χ2n) is 7.41. The molecule has 1 N–H and O–H groups in total. The van der Waals surface area contributed by atoms with Crippen LogP contribution in [-0.2, 0) is 5.41 Å². The SMILES string of the molecule is CC(C)c1noc([C@@]23CCC[C@@H]2CN(C(=O)c2ncccc2O)C3)n1. The first-order chi connectivity index (χ1) is 12.0. The van der Waals surface area contributed by atoms with E-state index in [9.17, 15) is 9.90 Å². The molecule has 0 aromatic carbocycles. The van der Waals surface area contributed by atoms with E-state index in [1.54, 1.807) is 11.0 Å².